The van der Waals surface area contributed by atoms with E-state index >= 15 is 0 Å². The number of fused-ring (bicyclic) bond motifs is 2. The van der Waals surface area contributed by atoms with Gasteiger partial charge in [0.05, 0.1) is 10.6 Å². The lowest BCUT2D eigenvalue weighted by atomic mass is 10.1. The fraction of sp³-hybridized carbons (Fsp3) is 0.320. The van der Waals surface area contributed by atoms with Crippen LogP contribution in [-0.4, -0.2) is 57.6 Å². The zero-order chi connectivity index (χ0) is 24.4. The summed E-state index contributed by atoms with van der Waals surface area (Å²) >= 11 is 6.04. The Morgan fingerprint density at radius 1 is 0.971 bits per heavy atom. The number of hydrogen-bond acceptors (Lipinski definition) is 6. The molecule has 2 heterocycles. The highest BCUT2D eigenvalue weighted by Crippen LogP contribution is 2.25. The van der Waals surface area contributed by atoms with Gasteiger partial charge < -0.3 is 9.32 Å². The second kappa shape index (κ2) is 10.0. The number of H-pyrrole nitrogens is 1. The van der Waals surface area contributed by atoms with Gasteiger partial charge in [-0.25, -0.2) is 17.9 Å². The first-order chi connectivity index (χ1) is 16.9. The van der Waals surface area contributed by atoms with Crippen molar-refractivity contribution in [2.45, 2.75) is 17.7 Å². The van der Waals surface area contributed by atoms with Crippen molar-refractivity contribution in [3.63, 3.8) is 0 Å². The number of piperazine rings is 1. The van der Waals surface area contributed by atoms with Crippen molar-refractivity contribution in [1.82, 2.24) is 14.6 Å². The number of aromatic nitrogens is 1. The van der Waals surface area contributed by atoms with Gasteiger partial charge in [-0.05, 0) is 66.6 Å². The van der Waals surface area contributed by atoms with Crippen LogP contribution in [0.2, 0.25) is 5.02 Å². The molecule has 0 bridgehead atoms. The first-order valence-electron chi connectivity index (χ1n) is 11.7. The van der Waals surface area contributed by atoms with Crippen molar-refractivity contribution < 1.29 is 12.8 Å². The molecule has 2 N–H and O–H groups in total. The van der Waals surface area contributed by atoms with E-state index in [0.29, 0.717) is 17.2 Å². The molecule has 5 rings (SSSR count). The van der Waals surface area contributed by atoms with Crippen LogP contribution >= 0.6 is 11.6 Å². The van der Waals surface area contributed by atoms with Crippen LogP contribution in [0.3, 0.4) is 0 Å². The molecule has 0 atom stereocenters. The van der Waals surface area contributed by atoms with Crippen LogP contribution in [-0.2, 0) is 10.0 Å². The maximum atomic E-state index is 12.7. The maximum absolute atomic E-state index is 12.7. The van der Waals surface area contributed by atoms with Gasteiger partial charge >= 0.3 is 5.76 Å². The summed E-state index contributed by atoms with van der Waals surface area (Å²) in [7, 11) is -3.57. The van der Waals surface area contributed by atoms with Crippen LogP contribution < -0.4 is 15.4 Å². The van der Waals surface area contributed by atoms with E-state index in [4.69, 9.17) is 16.0 Å². The van der Waals surface area contributed by atoms with Gasteiger partial charge in [-0.2, -0.15) is 0 Å². The average molecular weight is 515 g/mol. The van der Waals surface area contributed by atoms with Crippen molar-refractivity contribution in [2.75, 3.05) is 44.2 Å². The van der Waals surface area contributed by atoms with E-state index in [1.54, 1.807) is 36.4 Å². The zero-order valence-electron chi connectivity index (χ0n) is 19.2. The molecular formula is C25H27ClN4O4S. The maximum Gasteiger partial charge on any atom is 0.417 e. The smallest absolute Gasteiger partial charge is 0.408 e. The van der Waals surface area contributed by atoms with Gasteiger partial charge in [0.1, 0.15) is 5.52 Å². The van der Waals surface area contributed by atoms with Gasteiger partial charge in [-0.1, -0.05) is 29.8 Å². The number of benzene rings is 3. The first-order valence-corrected chi connectivity index (χ1v) is 13.5. The lowest BCUT2D eigenvalue weighted by Crippen LogP contribution is -2.46. The van der Waals surface area contributed by atoms with Gasteiger partial charge in [0.15, 0.2) is 5.58 Å². The number of sulfonamides is 1. The molecular weight excluding hydrogens is 488 g/mol. The Hall–Kier alpha value is -2.85. The minimum Gasteiger partial charge on any atom is -0.408 e. The predicted molar refractivity (Wildman–Crippen MR) is 139 cm³/mol. The Kier molecular flexibility index (Phi) is 6.84. The van der Waals surface area contributed by atoms with E-state index in [1.807, 2.05) is 18.2 Å². The number of aromatic amines is 1. The molecule has 0 aliphatic carbocycles. The third kappa shape index (κ3) is 5.38. The summed E-state index contributed by atoms with van der Waals surface area (Å²) in [5, 5.41) is 2.33. The fourth-order valence-electron chi connectivity index (χ4n) is 4.55. The van der Waals surface area contributed by atoms with Crippen molar-refractivity contribution >= 4 is 49.2 Å². The van der Waals surface area contributed by atoms with Crippen LogP contribution in [0.4, 0.5) is 5.69 Å². The monoisotopic (exact) mass is 514 g/mol. The van der Waals surface area contributed by atoms with E-state index in [-0.39, 0.29) is 4.90 Å². The SMILES string of the molecule is O=c1[nH]c2c(N3CCN(CCCCNS(=O)(=O)c4ccc5ccc(Cl)cc5c4)CC3)cccc2o1. The predicted octanol–water partition coefficient (Wildman–Crippen LogP) is 3.81. The quantitative estimate of drug-likeness (QED) is 0.347. The molecule has 1 saturated heterocycles. The molecule has 1 aromatic heterocycles. The van der Waals surface area contributed by atoms with E-state index < -0.39 is 15.8 Å². The highest BCUT2D eigenvalue weighted by Gasteiger charge is 2.20. The number of rotatable bonds is 8. The molecule has 35 heavy (non-hydrogen) atoms. The average Bonchev–Trinajstić information content (AvgIpc) is 3.24. The molecule has 4 aromatic rings. The molecule has 0 saturated carbocycles. The summed E-state index contributed by atoms with van der Waals surface area (Å²) in [4.78, 5) is 19.2. The van der Waals surface area contributed by atoms with Crippen molar-refractivity contribution in [1.29, 1.82) is 0 Å². The Morgan fingerprint density at radius 3 is 2.60 bits per heavy atom. The van der Waals surface area contributed by atoms with Crippen LogP contribution in [0.5, 0.6) is 0 Å². The molecule has 0 unspecified atom stereocenters. The van der Waals surface area contributed by atoms with Crippen LogP contribution in [0.1, 0.15) is 12.8 Å². The molecule has 1 aliphatic rings. The normalized spacial score (nSPS) is 15.3. The lowest BCUT2D eigenvalue weighted by molar-refractivity contribution is 0.253. The summed E-state index contributed by atoms with van der Waals surface area (Å²) in [6, 6.07) is 16.2. The van der Waals surface area contributed by atoms with E-state index in [0.717, 1.165) is 67.5 Å². The Morgan fingerprint density at radius 2 is 1.77 bits per heavy atom. The highest BCUT2D eigenvalue weighted by atomic mass is 35.5. The van der Waals surface area contributed by atoms with Crippen LogP contribution in [0.15, 0.2) is 68.7 Å². The zero-order valence-corrected chi connectivity index (χ0v) is 20.7. The van der Waals surface area contributed by atoms with Gasteiger partial charge in [-0.15, -0.1) is 0 Å². The fourth-order valence-corrected chi connectivity index (χ4v) is 5.84. The minimum atomic E-state index is -3.57. The largest absolute Gasteiger partial charge is 0.417 e. The summed E-state index contributed by atoms with van der Waals surface area (Å²) < 4.78 is 33.3. The topological polar surface area (TPSA) is 98.6 Å². The third-order valence-corrected chi connectivity index (χ3v) is 8.12. The number of halogens is 1. The highest BCUT2D eigenvalue weighted by molar-refractivity contribution is 7.89. The molecule has 0 amide bonds. The Balaban J connectivity index is 1.08. The Bertz CT molecular complexity index is 1510. The summed E-state index contributed by atoms with van der Waals surface area (Å²) in [6.45, 7) is 4.83. The number of para-hydroxylation sites is 1. The second-order valence-electron chi connectivity index (χ2n) is 8.75. The first kappa shape index (κ1) is 23.9. The van der Waals surface area contributed by atoms with E-state index in [2.05, 4.69) is 19.5 Å². The molecule has 1 aliphatic heterocycles. The van der Waals surface area contributed by atoms with Crippen molar-refractivity contribution in [3.8, 4) is 0 Å². The van der Waals surface area contributed by atoms with Gasteiger partial charge in [0.25, 0.3) is 0 Å². The number of hydrogen-bond donors (Lipinski definition) is 2. The molecule has 1 fully saturated rings. The number of nitrogens with zero attached hydrogens (tertiary/aromatic N) is 2. The molecule has 3 aromatic carbocycles. The molecule has 10 heteroatoms. The van der Waals surface area contributed by atoms with E-state index in [1.165, 1.54) is 0 Å². The third-order valence-electron chi connectivity index (χ3n) is 6.42. The van der Waals surface area contributed by atoms with Gasteiger partial charge in [-0.3, -0.25) is 9.88 Å². The van der Waals surface area contributed by atoms with Gasteiger partial charge in [0, 0.05) is 37.7 Å². The van der Waals surface area contributed by atoms with Crippen molar-refractivity contribution in [2.24, 2.45) is 0 Å². The number of unbranched alkanes of at least 4 members (excludes halogenated alkanes) is 1. The standard InChI is InChI=1S/C25H27ClN4O4S/c26-20-8-6-18-7-9-21(17-19(18)16-20)35(32,33)27-10-1-2-11-29-12-14-30(15-13-29)22-4-3-5-23-24(22)28-25(31)34-23/h3-9,16-17,27H,1-2,10-15H2,(H,28,31). The van der Waals surface area contributed by atoms with Gasteiger partial charge in [0.2, 0.25) is 10.0 Å². The summed E-state index contributed by atoms with van der Waals surface area (Å²) in [6.07, 6.45) is 1.66. The van der Waals surface area contributed by atoms with Crippen LogP contribution in [0, 0.1) is 0 Å². The number of anilines is 1. The summed E-state index contributed by atoms with van der Waals surface area (Å²) in [5.41, 5.74) is 2.30. The second-order valence-corrected chi connectivity index (χ2v) is 11.0. The van der Waals surface area contributed by atoms with Crippen molar-refractivity contribution in [3.05, 3.63) is 70.2 Å². The molecule has 8 nitrogen and oxygen atoms in total. The lowest BCUT2D eigenvalue weighted by Gasteiger charge is -2.36. The number of oxazole rings is 1. The van der Waals surface area contributed by atoms with Crippen LogP contribution in [0.25, 0.3) is 21.9 Å². The summed E-state index contributed by atoms with van der Waals surface area (Å²) in [5.74, 6) is -0.438. The number of nitrogens with one attached hydrogen (secondary N) is 2. The Labute approximate surface area is 208 Å². The molecule has 0 radical (unpaired) electrons. The minimum absolute atomic E-state index is 0.248. The molecule has 0 spiro atoms. The molecule has 184 valence electrons. The van der Waals surface area contributed by atoms with E-state index in [9.17, 15) is 13.2 Å².